The summed E-state index contributed by atoms with van der Waals surface area (Å²) in [6.45, 7) is 9.32. The topological polar surface area (TPSA) is 47.6 Å². The number of ether oxygens (including phenoxy) is 2. The number of allylic oxidation sites excluding steroid dienone is 2. The number of fused-ring (bicyclic) bond motifs is 1. The fourth-order valence-corrected chi connectivity index (χ4v) is 2.95. The largest absolute Gasteiger partial charge is 0.454 e. The van der Waals surface area contributed by atoms with Crippen molar-refractivity contribution in [1.29, 1.82) is 0 Å². The summed E-state index contributed by atoms with van der Waals surface area (Å²) in [7, 11) is 0. The molecule has 3 rings (SSSR count). The summed E-state index contributed by atoms with van der Waals surface area (Å²) in [5.41, 5.74) is 4.10. The molecule has 1 N–H and O–H groups in total. The Morgan fingerprint density at radius 1 is 1.04 bits per heavy atom. The molecule has 26 heavy (non-hydrogen) atoms. The lowest BCUT2D eigenvalue weighted by Crippen LogP contribution is -2.22. The second-order valence-electron chi connectivity index (χ2n) is 7.64. The predicted octanol–water partition coefficient (Wildman–Crippen LogP) is 4.79. The van der Waals surface area contributed by atoms with E-state index in [2.05, 4.69) is 39.1 Å². The first-order valence-corrected chi connectivity index (χ1v) is 8.78. The summed E-state index contributed by atoms with van der Waals surface area (Å²) >= 11 is 0. The Kier molecular flexibility index (Phi) is 5.03. The van der Waals surface area contributed by atoms with E-state index in [0.717, 1.165) is 22.6 Å². The average molecular weight is 351 g/mol. The molecule has 0 aliphatic carbocycles. The van der Waals surface area contributed by atoms with Crippen LogP contribution in [0, 0.1) is 5.41 Å². The van der Waals surface area contributed by atoms with Gasteiger partial charge in [0.25, 0.3) is 5.91 Å². The predicted molar refractivity (Wildman–Crippen MR) is 103 cm³/mol. The van der Waals surface area contributed by atoms with Gasteiger partial charge in [0.1, 0.15) is 0 Å². The molecule has 0 atom stereocenters. The molecule has 0 radical (unpaired) electrons. The molecular weight excluding hydrogens is 326 g/mol. The molecule has 1 amide bonds. The van der Waals surface area contributed by atoms with Crippen LogP contribution >= 0.6 is 0 Å². The van der Waals surface area contributed by atoms with Crippen LogP contribution in [0.5, 0.6) is 11.5 Å². The number of rotatable bonds is 4. The Morgan fingerprint density at radius 2 is 1.69 bits per heavy atom. The maximum Gasteiger partial charge on any atom is 0.251 e. The molecular formula is C22H25NO3. The van der Waals surface area contributed by atoms with Crippen molar-refractivity contribution in [2.45, 2.75) is 34.2 Å². The van der Waals surface area contributed by atoms with Crippen LogP contribution in [-0.2, 0) is 6.54 Å². The van der Waals surface area contributed by atoms with Crippen LogP contribution in [0.3, 0.4) is 0 Å². The second-order valence-corrected chi connectivity index (χ2v) is 7.64. The fourth-order valence-electron chi connectivity index (χ4n) is 2.95. The van der Waals surface area contributed by atoms with E-state index in [0.29, 0.717) is 12.1 Å². The van der Waals surface area contributed by atoms with Crippen LogP contribution in [0.15, 0.2) is 48.5 Å². The Morgan fingerprint density at radius 3 is 2.38 bits per heavy atom. The fraction of sp³-hybridized carbons (Fsp3) is 0.318. The van der Waals surface area contributed by atoms with Crippen molar-refractivity contribution in [3.8, 4) is 11.5 Å². The highest BCUT2D eigenvalue weighted by Crippen LogP contribution is 2.32. The van der Waals surface area contributed by atoms with Crippen molar-refractivity contribution in [2.24, 2.45) is 5.41 Å². The summed E-state index contributed by atoms with van der Waals surface area (Å²) in [6.07, 6.45) is 2.24. The third kappa shape index (κ3) is 4.45. The minimum Gasteiger partial charge on any atom is -0.454 e. The summed E-state index contributed by atoms with van der Waals surface area (Å²) in [5, 5.41) is 2.94. The molecule has 0 saturated heterocycles. The molecule has 136 valence electrons. The molecule has 2 aromatic rings. The van der Waals surface area contributed by atoms with Crippen molar-refractivity contribution in [3.05, 3.63) is 65.2 Å². The Bertz CT molecular complexity index is 829. The highest BCUT2D eigenvalue weighted by molar-refractivity contribution is 5.94. The third-order valence-electron chi connectivity index (χ3n) is 4.14. The van der Waals surface area contributed by atoms with Gasteiger partial charge in [-0.05, 0) is 53.3 Å². The van der Waals surface area contributed by atoms with E-state index in [1.54, 1.807) is 0 Å². The second kappa shape index (κ2) is 7.24. The zero-order valence-corrected chi connectivity index (χ0v) is 15.8. The van der Waals surface area contributed by atoms with E-state index in [-0.39, 0.29) is 18.1 Å². The average Bonchev–Trinajstić information content (AvgIpc) is 3.06. The van der Waals surface area contributed by atoms with Crippen LogP contribution in [0.2, 0.25) is 0 Å². The van der Waals surface area contributed by atoms with Gasteiger partial charge in [-0.1, -0.05) is 45.0 Å². The molecule has 4 heteroatoms. The van der Waals surface area contributed by atoms with E-state index in [4.69, 9.17) is 9.47 Å². The van der Waals surface area contributed by atoms with Crippen LogP contribution in [0.25, 0.3) is 5.57 Å². The van der Waals surface area contributed by atoms with Crippen LogP contribution < -0.4 is 14.8 Å². The molecule has 0 spiro atoms. The number of hydrogen-bond acceptors (Lipinski definition) is 3. The van der Waals surface area contributed by atoms with E-state index < -0.39 is 0 Å². The van der Waals surface area contributed by atoms with Gasteiger partial charge in [0.2, 0.25) is 6.79 Å². The first kappa shape index (κ1) is 18.1. The highest BCUT2D eigenvalue weighted by Gasteiger charge is 2.14. The van der Waals surface area contributed by atoms with Crippen LogP contribution in [0.1, 0.15) is 49.2 Å². The smallest absolute Gasteiger partial charge is 0.251 e. The van der Waals surface area contributed by atoms with E-state index >= 15 is 0 Å². The van der Waals surface area contributed by atoms with Crippen molar-refractivity contribution in [3.63, 3.8) is 0 Å². The van der Waals surface area contributed by atoms with Gasteiger partial charge in [0.15, 0.2) is 11.5 Å². The zero-order chi connectivity index (χ0) is 18.7. The monoisotopic (exact) mass is 351 g/mol. The Labute approximate surface area is 154 Å². The number of carbonyl (C=O) groups is 1. The number of carbonyl (C=O) groups excluding carboxylic acids is 1. The first-order chi connectivity index (χ1) is 12.3. The zero-order valence-electron chi connectivity index (χ0n) is 15.8. The standard InChI is InChI=1S/C22H25NO3/c1-15(12-22(2,3)4)17-6-8-18(9-7-17)21(24)23-13-16-5-10-19-20(11-16)26-14-25-19/h5-12H,13-14H2,1-4H3,(H,23,24). The van der Waals surface area contributed by atoms with E-state index in [9.17, 15) is 4.79 Å². The maximum absolute atomic E-state index is 12.4. The van der Waals surface area contributed by atoms with Gasteiger partial charge in [0.05, 0.1) is 0 Å². The van der Waals surface area contributed by atoms with Crippen LogP contribution in [-0.4, -0.2) is 12.7 Å². The van der Waals surface area contributed by atoms with Crippen molar-refractivity contribution >= 4 is 11.5 Å². The van der Waals surface area contributed by atoms with E-state index in [1.165, 1.54) is 5.57 Å². The Hall–Kier alpha value is -2.75. The maximum atomic E-state index is 12.4. The number of benzene rings is 2. The van der Waals surface area contributed by atoms with Gasteiger partial charge >= 0.3 is 0 Å². The number of amides is 1. The lowest BCUT2D eigenvalue weighted by molar-refractivity contribution is 0.0951. The summed E-state index contributed by atoms with van der Waals surface area (Å²) in [5.74, 6) is 1.38. The summed E-state index contributed by atoms with van der Waals surface area (Å²) in [6, 6.07) is 13.4. The van der Waals surface area contributed by atoms with Crippen LogP contribution in [0.4, 0.5) is 0 Å². The Balaban J connectivity index is 1.62. The molecule has 2 aromatic carbocycles. The van der Waals surface area contributed by atoms with Gasteiger partial charge in [0, 0.05) is 12.1 Å². The van der Waals surface area contributed by atoms with Gasteiger partial charge < -0.3 is 14.8 Å². The van der Waals surface area contributed by atoms with Gasteiger partial charge in [-0.3, -0.25) is 4.79 Å². The molecule has 0 unspecified atom stereocenters. The molecule has 1 aliphatic heterocycles. The van der Waals surface area contributed by atoms with E-state index in [1.807, 2.05) is 42.5 Å². The SMILES string of the molecule is CC(=CC(C)(C)C)c1ccc(C(=O)NCc2ccc3c(c2)OCO3)cc1. The molecule has 4 nitrogen and oxygen atoms in total. The minimum absolute atomic E-state index is 0.0910. The van der Waals surface area contributed by atoms with Crippen molar-refractivity contribution in [2.75, 3.05) is 6.79 Å². The lowest BCUT2D eigenvalue weighted by atomic mass is 9.91. The molecule has 0 fully saturated rings. The summed E-state index contributed by atoms with van der Waals surface area (Å²) < 4.78 is 10.7. The molecule has 0 saturated carbocycles. The minimum atomic E-state index is -0.0910. The normalized spacial score (nSPS) is 13.6. The first-order valence-electron chi connectivity index (χ1n) is 8.78. The highest BCUT2D eigenvalue weighted by atomic mass is 16.7. The molecule has 1 aliphatic rings. The van der Waals surface area contributed by atoms with Gasteiger partial charge in [-0.25, -0.2) is 0 Å². The quantitative estimate of drug-likeness (QED) is 0.861. The molecule has 1 heterocycles. The lowest BCUT2D eigenvalue weighted by Gasteiger charge is -2.14. The van der Waals surface area contributed by atoms with Gasteiger partial charge in [-0.15, -0.1) is 0 Å². The van der Waals surface area contributed by atoms with Gasteiger partial charge in [-0.2, -0.15) is 0 Å². The molecule has 0 aromatic heterocycles. The van der Waals surface area contributed by atoms with Crippen molar-refractivity contribution < 1.29 is 14.3 Å². The molecule has 0 bridgehead atoms. The number of nitrogens with one attached hydrogen (secondary N) is 1. The third-order valence-corrected chi connectivity index (χ3v) is 4.14. The number of hydrogen-bond donors (Lipinski definition) is 1. The summed E-state index contributed by atoms with van der Waals surface area (Å²) in [4.78, 5) is 12.4. The van der Waals surface area contributed by atoms with Crippen molar-refractivity contribution in [1.82, 2.24) is 5.32 Å².